The van der Waals surface area contributed by atoms with Crippen LogP contribution in [0.25, 0.3) is 0 Å². The molecule has 1 saturated heterocycles. The van der Waals surface area contributed by atoms with E-state index < -0.39 is 0 Å². The second-order valence-corrected chi connectivity index (χ2v) is 5.25. The molecule has 1 aliphatic rings. The fourth-order valence-corrected chi connectivity index (χ4v) is 2.37. The number of carbonyl (C=O) groups is 1. The molecule has 1 atom stereocenters. The molecule has 4 nitrogen and oxygen atoms in total. The van der Waals surface area contributed by atoms with E-state index in [2.05, 4.69) is 10.6 Å². The van der Waals surface area contributed by atoms with Crippen molar-refractivity contribution in [1.29, 1.82) is 0 Å². The standard InChI is InChI=1S/C14H19ClN2O2/c1-10(18)17-14-5-4-12(7-13(14)15)16-8-11-3-2-6-19-9-11/h4-5,7,11,16H,2-3,6,8-9H2,1H3,(H,17,18). The number of anilines is 2. The Morgan fingerprint density at radius 1 is 1.53 bits per heavy atom. The summed E-state index contributed by atoms with van der Waals surface area (Å²) in [6.07, 6.45) is 2.33. The van der Waals surface area contributed by atoms with Gasteiger partial charge >= 0.3 is 0 Å². The summed E-state index contributed by atoms with van der Waals surface area (Å²) in [4.78, 5) is 11.0. The van der Waals surface area contributed by atoms with Crippen LogP contribution in [0.5, 0.6) is 0 Å². The van der Waals surface area contributed by atoms with Gasteiger partial charge < -0.3 is 15.4 Å². The first-order valence-electron chi connectivity index (χ1n) is 6.54. The molecule has 0 aromatic heterocycles. The lowest BCUT2D eigenvalue weighted by Gasteiger charge is -2.22. The Morgan fingerprint density at radius 2 is 2.37 bits per heavy atom. The smallest absolute Gasteiger partial charge is 0.221 e. The van der Waals surface area contributed by atoms with Gasteiger partial charge in [-0.3, -0.25) is 4.79 Å². The molecule has 2 rings (SSSR count). The first-order chi connectivity index (χ1) is 9.15. The molecule has 0 aliphatic carbocycles. The number of benzene rings is 1. The van der Waals surface area contributed by atoms with Crippen molar-refractivity contribution in [2.75, 3.05) is 30.4 Å². The number of carbonyl (C=O) groups excluding carboxylic acids is 1. The van der Waals surface area contributed by atoms with Gasteiger partial charge in [0, 0.05) is 25.8 Å². The molecule has 1 heterocycles. The summed E-state index contributed by atoms with van der Waals surface area (Å²) in [5.41, 5.74) is 1.60. The van der Waals surface area contributed by atoms with Crippen LogP contribution in [0.4, 0.5) is 11.4 Å². The number of halogens is 1. The molecule has 1 amide bonds. The third kappa shape index (κ3) is 4.40. The molecule has 0 saturated carbocycles. The monoisotopic (exact) mass is 282 g/mol. The molecule has 0 bridgehead atoms. The number of hydrogen-bond donors (Lipinski definition) is 2. The lowest BCUT2D eigenvalue weighted by atomic mass is 10.0. The molecule has 5 heteroatoms. The zero-order valence-electron chi connectivity index (χ0n) is 11.0. The number of ether oxygens (including phenoxy) is 1. The van der Waals surface area contributed by atoms with E-state index in [0.29, 0.717) is 16.6 Å². The Labute approximate surface area is 118 Å². The van der Waals surface area contributed by atoms with Crippen molar-refractivity contribution in [3.8, 4) is 0 Å². The van der Waals surface area contributed by atoms with Crippen LogP contribution in [0, 0.1) is 5.92 Å². The fourth-order valence-electron chi connectivity index (χ4n) is 2.15. The summed E-state index contributed by atoms with van der Waals surface area (Å²) in [5.74, 6) is 0.435. The van der Waals surface area contributed by atoms with Crippen molar-refractivity contribution in [3.05, 3.63) is 23.2 Å². The molecule has 1 fully saturated rings. The van der Waals surface area contributed by atoms with Crippen molar-refractivity contribution in [2.24, 2.45) is 5.92 Å². The maximum atomic E-state index is 11.0. The van der Waals surface area contributed by atoms with E-state index in [1.165, 1.54) is 13.3 Å². The minimum Gasteiger partial charge on any atom is -0.385 e. The first kappa shape index (κ1) is 14.2. The van der Waals surface area contributed by atoms with Crippen LogP contribution >= 0.6 is 11.6 Å². The Bertz CT molecular complexity index is 445. The van der Waals surface area contributed by atoms with Crippen molar-refractivity contribution < 1.29 is 9.53 Å². The van der Waals surface area contributed by atoms with Gasteiger partial charge in [0.05, 0.1) is 17.3 Å². The fraction of sp³-hybridized carbons (Fsp3) is 0.500. The number of amides is 1. The molecule has 19 heavy (non-hydrogen) atoms. The van der Waals surface area contributed by atoms with Crippen LogP contribution in [-0.2, 0) is 9.53 Å². The Balaban J connectivity index is 1.90. The average Bonchev–Trinajstić information content (AvgIpc) is 2.40. The van der Waals surface area contributed by atoms with E-state index in [1.54, 1.807) is 0 Å². The molecular formula is C14H19ClN2O2. The van der Waals surface area contributed by atoms with Crippen LogP contribution in [0.15, 0.2) is 18.2 Å². The number of rotatable bonds is 4. The van der Waals surface area contributed by atoms with Crippen LogP contribution in [0.3, 0.4) is 0 Å². The highest BCUT2D eigenvalue weighted by atomic mass is 35.5. The predicted molar refractivity (Wildman–Crippen MR) is 77.8 cm³/mol. The zero-order valence-corrected chi connectivity index (χ0v) is 11.8. The van der Waals surface area contributed by atoms with Gasteiger partial charge in [0.15, 0.2) is 0 Å². The first-order valence-corrected chi connectivity index (χ1v) is 6.91. The highest BCUT2D eigenvalue weighted by Crippen LogP contribution is 2.26. The Kier molecular flexibility index (Phi) is 5.05. The molecular weight excluding hydrogens is 264 g/mol. The van der Waals surface area contributed by atoms with E-state index in [4.69, 9.17) is 16.3 Å². The third-order valence-electron chi connectivity index (χ3n) is 3.13. The molecule has 0 spiro atoms. The highest BCUT2D eigenvalue weighted by molar-refractivity contribution is 6.34. The predicted octanol–water partition coefficient (Wildman–Crippen LogP) is 3.14. The lowest BCUT2D eigenvalue weighted by molar-refractivity contribution is -0.114. The summed E-state index contributed by atoms with van der Waals surface area (Å²) < 4.78 is 5.44. The van der Waals surface area contributed by atoms with E-state index in [1.807, 2.05) is 18.2 Å². The van der Waals surface area contributed by atoms with E-state index in [9.17, 15) is 4.79 Å². The lowest BCUT2D eigenvalue weighted by Crippen LogP contribution is -2.24. The molecule has 1 aromatic carbocycles. The van der Waals surface area contributed by atoms with Crippen LogP contribution < -0.4 is 10.6 Å². The quantitative estimate of drug-likeness (QED) is 0.892. The van der Waals surface area contributed by atoms with E-state index in [-0.39, 0.29) is 5.91 Å². The number of hydrogen-bond acceptors (Lipinski definition) is 3. The second-order valence-electron chi connectivity index (χ2n) is 4.84. The maximum absolute atomic E-state index is 11.0. The van der Waals surface area contributed by atoms with Crippen LogP contribution in [0.2, 0.25) is 5.02 Å². The minimum absolute atomic E-state index is 0.123. The summed E-state index contributed by atoms with van der Waals surface area (Å²) in [7, 11) is 0. The zero-order chi connectivity index (χ0) is 13.7. The summed E-state index contributed by atoms with van der Waals surface area (Å²) in [6.45, 7) is 4.06. The third-order valence-corrected chi connectivity index (χ3v) is 3.44. The van der Waals surface area contributed by atoms with Crippen molar-refractivity contribution in [1.82, 2.24) is 0 Å². The highest BCUT2D eigenvalue weighted by Gasteiger charge is 2.13. The Hall–Kier alpha value is -1.26. The second kappa shape index (κ2) is 6.78. The van der Waals surface area contributed by atoms with Gasteiger partial charge in [0.25, 0.3) is 0 Å². The van der Waals surface area contributed by atoms with Gasteiger partial charge in [-0.1, -0.05) is 11.6 Å². The molecule has 1 aromatic rings. The maximum Gasteiger partial charge on any atom is 0.221 e. The van der Waals surface area contributed by atoms with Gasteiger partial charge in [-0.25, -0.2) is 0 Å². The van der Waals surface area contributed by atoms with Crippen LogP contribution in [0.1, 0.15) is 19.8 Å². The number of nitrogens with one attached hydrogen (secondary N) is 2. The van der Waals surface area contributed by atoms with Gasteiger partial charge in [-0.15, -0.1) is 0 Å². The van der Waals surface area contributed by atoms with Gasteiger partial charge in [-0.2, -0.15) is 0 Å². The molecule has 1 aliphatic heterocycles. The summed E-state index contributed by atoms with van der Waals surface area (Å²) >= 11 is 6.12. The minimum atomic E-state index is -0.123. The van der Waals surface area contributed by atoms with Crippen molar-refractivity contribution >= 4 is 28.9 Å². The van der Waals surface area contributed by atoms with E-state index >= 15 is 0 Å². The Morgan fingerprint density at radius 3 is 3.00 bits per heavy atom. The van der Waals surface area contributed by atoms with E-state index in [0.717, 1.165) is 31.9 Å². The van der Waals surface area contributed by atoms with Crippen molar-refractivity contribution in [3.63, 3.8) is 0 Å². The SMILES string of the molecule is CC(=O)Nc1ccc(NCC2CCCOC2)cc1Cl. The topological polar surface area (TPSA) is 50.4 Å². The summed E-state index contributed by atoms with van der Waals surface area (Å²) in [6, 6.07) is 5.56. The van der Waals surface area contributed by atoms with Crippen LogP contribution in [-0.4, -0.2) is 25.7 Å². The molecule has 0 radical (unpaired) electrons. The van der Waals surface area contributed by atoms with Crippen molar-refractivity contribution in [2.45, 2.75) is 19.8 Å². The largest absolute Gasteiger partial charge is 0.385 e. The molecule has 2 N–H and O–H groups in total. The van der Waals surface area contributed by atoms with Gasteiger partial charge in [0.1, 0.15) is 0 Å². The molecule has 104 valence electrons. The van der Waals surface area contributed by atoms with Gasteiger partial charge in [0.2, 0.25) is 5.91 Å². The van der Waals surface area contributed by atoms with Gasteiger partial charge in [-0.05, 0) is 37.0 Å². The molecule has 1 unspecified atom stereocenters. The normalized spacial score (nSPS) is 18.9. The summed E-state index contributed by atoms with van der Waals surface area (Å²) in [5, 5.41) is 6.59. The average molecular weight is 283 g/mol.